The third kappa shape index (κ3) is 3.53. The van der Waals surface area contributed by atoms with Gasteiger partial charge in [0.05, 0.1) is 10.0 Å². The van der Waals surface area contributed by atoms with Gasteiger partial charge in [-0.15, -0.1) is 11.8 Å². The lowest BCUT2D eigenvalue weighted by molar-refractivity contribution is 1.13. The first-order valence-electron chi connectivity index (χ1n) is 4.93. The molecular formula is C12H10Cl2N2S. The summed E-state index contributed by atoms with van der Waals surface area (Å²) in [5.41, 5.74) is 7.62. The number of benzene rings is 1. The standard InChI is InChI=1S/C12H10Cl2N2S/c13-9-1-3-11(15)8(5-9)7-17-12-4-2-10(14)6-16-12/h1-6H,7,15H2. The number of nitrogens with two attached hydrogens (primary N) is 1. The van der Waals surface area contributed by atoms with Crippen molar-refractivity contribution in [3.8, 4) is 0 Å². The Morgan fingerprint density at radius 2 is 1.88 bits per heavy atom. The van der Waals surface area contributed by atoms with Gasteiger partial charge in [-0.1, -0.05) is 23.2 Å². The van der Waals surface area contributed by atoms with Crippen molar-refractivity contribution in [2.75, 3.05) is 5.73 Å². The summed E-state index contributed by atoms with van der Waals surface area (Å²) in [5, 5.41) is 2.24. The van der Waals surface area contributed by atoms with E-state index in [1.807, 2.05) is 24.3 Å². The molecule has 17 heavy (non-hydrogen) atoms. The molecule has 1 aromatic heterocycles. The number of thioether (sulfide) groups is 1. The van der Waals surface area contributed by atoms with Crippen molar-refractivity contribution in [1.82, 2.24) is 4.98 Å². The lowest BCUT2D eigenvalue weighted by atomic mass is 10.2. The lowest BCUT2D eigenvalue weighted by Gasteiger charge is -2.05. The van der Waals surface area contributed by atoms with Crippen LogP contribution in [0.4, 0.5) is 5.69 Å². The van der Waals surface area contributed by atoms with Crippen LogP contribution in [0.1, 0.15) is 5.56 Å². The third-order valence-corrected chi connectivity index (χ3v) is 3.63. The quantitative estimate of drug-likeness (QED) is 0.676. The van der Waals surface area contributed by atoms with Crippen LogP contribution in [0, 0.1) is 0 Å². The fourth-order valence-electron chi connectivity index (χ4n) is 1.30. The number of anilines is 1. The molecule has 0 aliphatic heterocycles. The number of pyridine rings is 1. The summed E-state index contributed by atoms with van der Waals surface area (Å²) in [4.78, 5) is 4.20. The Bertz CT molecular complexity index is 514. The Morgan fingerprint density at radius 3 is 2.59 bits per heavy atom. The minimum atomic E-state index is 0.636. The molecule has 0 unspecified atom stereocenters. The highest BCUT2D eigenvalue weighted by Crippen LogP contribution is 2.26. The second-order valence-corrected chi connectivity index (χ2v) is 5.31. The molecule has 0 fully saturated rings. The van der Waals surface area contributed by atoms with E-state index >= 15 is 0 Å². The Kier molecular flexibility index (Phi) is 4.15. The van der Waals surface area contributed by atoms with Crippen LogP contribution in [0.3, 0.4) is 0 Å². The highest BCUT2D eigenvalue weighted by atomic mass is 35.5. The number of nitrogens with zero attached hydrogens (tertiary/aromatic N) is 1. The summed E-state index contributed by atoms with van der Waals surface area (Å²) < 4.78 is 0. The molecule has 0 bridgehead atoms. The van der Waals surface area contributed by atoms with Crippen LogP contribution in [0.25, 0.3) is 0 Å². The molecule has 0 aliphatic carbocycles. The van der Waals surface area contributed by atoms with Crippen LogP contribution in [0.15, 0.2) is 41.6 Å². The molecule has 0 spiro atoms. The largest absolute Gasteiger partial charge is 0.398 e. The predicted molar refractivity (Wildman–Crippen MR) is 74.7 cm³/mol. The van der Waals surface area contributed by atoms with Gasteiger partial charge < -0.3 is 5.73 Å². The smallest absolute Gasteiger partial charge is 0.0964 e. The molecule has 0 atom stereocenters. The summed E-state index contributed by atoms with van der Waals surface area (Å²) in [6.45, 7) is 0. The van der Waals surface area contributed by atoms with E-state index in [4.69, 9.17) is 28.9 Å². The minimum Gasteiger partial charge on any atom is -0.398 e. The molecule has 2 rings (SSSR count). The average molecular weight is 285 g/mol. The summed E-state index contributed by atoms with van der Waals surface area (Å²) in [5.74, 6) is 0.737. The number of hydrogen-bond acceptors (Lipinski definition) is 3. The Hall–Kier alpha value is -0.900. The zero-order chi connectivity index (χ0) is 12.3. The second kappa shape index (κ2) is 5.63. The maximum absolute atomic E-state index is 5.92. The van der Waals surface area contributed by atoms with Crippen molar-refractivity contribution in [2.45, 2.75) is 10.8 Å². The van der Waals surface area contributed by atoms with Crippen LogP contribution >= 0.6 is 35.0 Å². The molecule has 0 saturated heterocycles. The zero-order valence-electron chi connectivity index (χ0n) is 8.86. The highest BCUT2D eigenvalue weighted by molar-refractivity contribution is 7.98. The molecule has 5 heteroatoms. The molecular weight excluding hydrogens is 275 g/mol. The summed E-state index contributed by atoms with van der Waals surface area (Å²) in [7, 11) is 0. The van der Waals surface area contributed by atoms with Crippen LogP contribution in [0.5, 0.6) is 0 Å². The predicted octanol–water partition coefficient (Wildman–Crippen LogP) is 4.26. The van der Waals surface area contributed by atoms with Crippen LogP contribution in [-0.4, -0.2) is 4.98 Å². The van der Waals surface area contributed by atoms with Gasteiger partial charge in [-0.25, -0.2) is 4.98 Å². The molecule has 2 N–H and O–H groups in total. The van der Waals surface area contributed by atoms with Crippen molar-refractivity contribution < 1.29 is 0 Å². The number of rotatable bonds is 3. The first-order chi connectivity index (χ1) is 8.15. The molecule has 2 nitrogen and oxygen atoms in total. The fourth-order valence-corrected chi connectivity index (χ4v) is 2.45. The molecule has 2 aromatic rings. The van der Waals surface area contributed by atoms with Crippen molar-refractivity contribution in [2.24, 2.45) is 0 Å². The van der Waals surface area contributed by atoms with Crippen LogP contribution < -0.4 is 5.73 Å². The number of aromatic nitrogens is 1. The van der Waals surface area contributed by atoms with E-state index in [-0.39, 0.29) is 0 Å². The number of halogens is 2. The number of nitrogen functional groups attached to an aromatic ring is 1. The Balaban J connectivity index is 2.07. The topological polar surface area (TPSA) is 38.9 Å². The highest BCUT2D eigenvalue weighted by Gasteiger charge is 2.02. The van der Waals surface area contributed by atoms with Gasteiger partial charge >= 0.3 is 0 Å². The van der Waals surface area contributed by atoms with Crippen molar-refractivity contribution in [3.63, 3.8) is 0 Å². The molecule has 0 saturated carbocycles. The van der Waals surface area contributed by atoms with Gasteiger partial charge in [0.1, 0.15) is 0 Å². The van der Waals surface area contributed by atoms with Crippen LogP contribution in [-0.2, 0) is 5.75 Å². The van der Waals surface area contributed by atoms with E-state index < -0.39 is 0 Å². The van der Waals surface area contributed by atoms with Gasteiger partial charge in [-0.3, -0.25) is 0 Å². The van der Waals surface area contributed by atoms with E-state index in [2.05, 4.69) is 4.98 Å². The first-order valence-corrected chi connectivity index (χ1v) is 6.67. The van der Waals surface area contributed by atoms with Gasteiger partial charge in [-0.05, 0) is 35.9 Å². The van der Waals surface area contributed by atoms with Crippen molar-refractivity contribution >= 4 is 40.7 Å². The second-order valence-electron chi connectivity index (χ2n) is 3.45. The van der Waals surface area contributed by atoms with Crippen LogP contribution in [0.2, 0.25) is 10.0 Å². The van der Waals surface area contributed by atoms with Gasteiger partial charge in [-0.2, -0.15) is 0 Å². The monoisotopic (exact) mass is 284 g/mol. The maximum Gasteiger partial charge on any atom is 0.0964 e. The van der Waals surface area contributed by atoms with Gasteiger partial charge in [0.2, 0.25) is 0 Å². The Morgan fingerprint density at radius 1 is 1.12 bits per heavy atom. The summed E-state index contributed by atoms with van der Waals surface area (Å²) >= 11 is 13.3. The lowest BCUT2D eigenvalue weighted by Crippen LogP contribution is -1.92. The zero-order valence-corrected chi connectivity index (χ0v) is 11.2. The average Bonchev–Trinajstić information content (AvgIpc) is 2.32. The molecule has 0 radical (unpaired) electrons. The third-order valence-electron chi connectivity index (χ3n) is 2.18. The first kappa shape index (κ1) is 12.6. The molecule has 1 heterocycles. The SMILES string of the molecule is Nc1ccc(Cl)cc1CSc1ccc(Cl)cn1. The van der Waals surface area contributed by atoms with Gasteiger partial charge in [0.15, 0.2) is 0 Å². The van der Waals surface area contributed by atoms with Crippen molar-refractivity contribution in [3.05, 3.63) is 52.1 Å². The molecule has 1 aromatic carbocycles. The Labute approximate surface area is 114 Å². The van der Waals surface area contributed by atoms with Crippen molar-refractivity contribution in [1.29, 1.82) is 0 Å². The summed E-state index contributed by atoms with van der Waals surface area (Å²) in [6, 6.07) is 9.17. The van der Waals surface area contributed by atoms with E-state index in [1.165, 1.54) is 0 Å². The fraction of sp³-hybridized carbons (Fsp3) is 0.0833. The van der Waals surface area contributed by atoms with E-state index in [1.54, 1.807) is 24.0 Å². The van der Waals surface area contributed by atoms with E-state index in [0.29, 0.717) is 10.0 Å². The normalized spacial score (nSPS) is 10.5. The molecule has 0 aliphatic rings. The van der Waals surface area contributed by atoms with Gasteiger partial charge in [0, 0.05) is 22.7 Å². The molecule has 0 amide bonds. The van der Waals surface area contributed by atoms with E-state index in [9.17, 15) is 0 Å². The maximum atomic E-state index is 5.92. The summed E-state index contributed by atoms with van der Waals surface area (Å²) in [6.07, 6.45) is 1.63. The molecule has 88 valence electrons. The number of hydrogen-bond donors (Lipinski definition) is 1. The van der Waals surface area contributed by atoms with E-state index in [0.717, 1.165) is 22.0 Å². The minimum absolute atomic E-state index is 0.636. The van der Waals surface area contributed by atoms with Gasteiger partial charge in [0.25, 0.3) is 0 Å².